The van der Waals surface area contributed by atoms with Gasteiger partial charge in [0.25, 0.3) is 5.91 Å². The number of aryl methyl sites for hydroxylation is 2. The lowest BCUT2D eigenvalue weighted by molar-refractivity contribution is 0.102. The van der Waals surface area contributed by atoms with Gasteiger partial charge in [-0.05, 0) is 76.2 Å². The predicted octanol–water partition coefficient (Wildman–Crippen LogP) is 5.08. The summed E-state index contributed by atoms with van der Waals surface area (Å²) in [7, 11) is 0. The van der Waals surface area contributed by atoms with E-state index in [4.69, 9.17) is 9.40 Å². The smallest absolute Gasteiger partial charge is 0.275 e. The highest BCUT2D eigenvalue weighted by atomic mass is 32.1. The summed E-state index contributed by atoms with van der Waals surface area (Å²) in [6.07, 6.45) is 9.61. The Labute approximate surface area is 208 Å². The van der Waals surface area contributed by atoms with Crippen LogP contribution in [0, 0.1) is 13.8 Å². The highest BCUT2D eigenvalue weighted by molar-refractivity contribution is 7.10. The number of thiazole rings is 1. The maximum Gasteiger partial charge on any atom is 0.275 e. The second kappa shape index (κ2) is 10.4. The zero-order valence-electron chi connectivity index (χ0n) is 19.8. The number of likely N-dealkylation sites (tertiary alicyclic amines) is 1. The number of hydrogen-bond donors (Lipinski definition) is 1. The zero-order valence-corrected chi connectivity index (χ0v) is 20.7. The van der Waals surface area contributed by atoms with E-state index in [2.05, 4.69) is 26.4 Å². The summed E-state index contributed by atoms with van der Waals surface area (Å²) < 4.78 is 7.08. The van der Waals surface area contributed by atoms with Crippen LogP contribution in [-0.2, 0) is 0 Å². The number of anilines is 1. The average Bonchev–Trinajstić information content (AvgIpc) is 3.62. The summed E-state index contributed by atoms with van der Waals surface area (Å²) in [5, 5.41) is 10.4. The number of nitrogens with zero attached hydrogens (tertiary/aromatic N) is 5. The van der Waals surface area contributed by atoms with Crippen molar-refractivity contribution < 1.29 is 9.21 Å². The van der Waals surface area contributed by atoms with Crippen molar-refractivity contribution >= 4 is 29.0 Å². The Morgan fingerprint density at radius 1 is 1.26 bits per heavy atom. The number of carbonyl (C=O) groups excluding carboxylic acids is 1. The van der Waals surface area contributed by atoms with Crippen molar-refractivity contribution in [2.45, 2.75) is 32.6 Å². The molecule has 0 unspecified atom stereocenters. The summed E-state index contributed by atoms with van der Waals surface area (Å²) in [5.41, 5.74) is 2.90. The van der Waals surface area contributed by atoms with Gasteiger partial charge in [-0.3, -0.25) is 9.69 Å². The normalized spacial score (nSPS) is 15.1. The molecule has 4 aromatic rings. The minimum absolute atomic E-state index is 0.233. The molecule has 0 spiro atoms. The lowest BCUT2D eigenvalue weighted by Gasteiger charge is -2.30. The quantitative estimate of drug-likeness (QED) is 0.390. The molecule has 0 aliphatic carbocycles. The Kier molecular flexibility index (Phi) is 6.87. The molecule has 0 aromatic carbocycles. The first-order valence-electron chi connectivity index (χ1n) is 11.7. The molecule has 35 heavy (non-hydrogen) atoms. The van der Waals surface area contributed by atoms with Crippen molar-refractivity contribution in [1.29, 1.82) is 0 Å². The molecule has 5 heterocycles. The Morgan fingerprint density at radius 2 is 2.11 bits per heavy atom. The molecule has 1 N–H and O–H groups in total. The largest absolute Gasteiger partial charge is 0.465 e. The molecule has 8 nitrogen and oxygen atoms in total. The molecular formula is C26H28N6O2S. The molecule has 0 bridgehead atoms. The molecule has 0 atom stereocenters. The van der Waals surface area contributed by atoms with E-state index in [0.717, 1.165) is 54.6 Å². The first-order chi connectivity index (χ1) is 17.1. The second-order valence-electron chi connectivity index (χ2n) is 8.73. The number of pyridine rings is 1. The first kappa shape index (κ1) is 23.2. The van der Waals surface area contributed by atoms with E-state index in [9.17, 15) is 4.79 Å². The number of nitrogens with one attached hydrogen (secondary N) is 1. The van der Waals surface area contributed by atoms with Crippen LogP contribution in [0.3, 0.4) is 0 Å². The van der Waals surface area contributed by atoms with Crippen molar-refractivity contribution in [3.8, 4) is 5.82 Å². The van der Waals surface area contributed by atoms with E-state index >= 15 is 0 Å². The lowest BCUT2D eigenvalue weighted by Crippen LogP contribution is -2.33. The molecule has 1 amide bonds. The van der Waals surface area contributed by atoms with Crippen LogP contribution in [0.25, 0.3) is 11.9 Å². The van der Waals surface area contributed by atoms with Gasteiger partial charge in [0.2, 0.25) is 0 Å². The van der Waals surface area contributed by atoms with E-state index in [0.29, 0.717) is 23.1 Å². The highest BCUT2D eigenvalue weighted by Gasteiger charge is 2.24. The van der Waals surface area contributed by atoms with Gasteiger partial charge in [-0.25, -0.2) is 14.6 Å². The fourth-order valence-electron chi connectivity index (χ4n) is 4.34. The third kappa shape index (κ3) is 5.41. The van der Waals surface area contributed by atoms with Crippen LogP contribution in [0.15, 0.2) is 58.7 Å². The van der Waals surface area contributed by atoms with Crippen LogP contribution in [0.5, 0.6) is 0 Å². The minimum atomic E-state index is -0.233. The van der Waals surface area contributed by atoms with Gasteiger partial charge in [0.05, 0.1) is 22.7 Å². The minimum Gasteiger partial charge on any atom is -0.465 e. The fraction of sp³-hybridized carbons (Fsp3) is 0.308. The van der Waals surface area contributed by atoms with Crippen molar-refractivity contribution in [1.82, 2.24) is 24.6 Å². The first-order valence-corrected chi connectivity index (χ1v) is 12.6. The van der Waals surface area contributed by atoms with Crippen LogP contribution < -0.4 is 5.32 Å². The third-order valence-corrected chi connectivity index (χ3v) is 7.13. The molecule has 0 radical (unpaired) electrons. The average molecular weight is 489 g/mol. The second-order valence-corrected chi connectivity index (χ2v) is 9.62. The van der Waals surface area contributed by atoms with E-state index < -0.39 is 0 Å². The summed E-state index contributed by atoms with van der Waals surface area (Å²) in [6.45, 7) is 6.82. The molecule has 5 rings (SSSR count). The van der Waals surface area contributed by atoms with Crippen LogP contribution >= 0.6 is 11.3 Å². The topological polar surface area (TPSA) is 89.1 Å². The third-order valence-electron chi connectivity index (χ3n) is 6.13. The monoisotopic (exact) mass is 488 g/mol. The van der Waals surface area contributed by atoms with E-state index in [1.807, 2.05) is 49.6 Å². The standard InChI is InChI=1S/C26H28N6O2S/c1-18-16-19(2)32(30-18)24-22(8-3-11-27-24)28-25(33)23-17-35-26(29-23)20-9-13-31(14-10-20)12-4-6-21-7-5-15-34-21/h3-8,11,15-17,20H,9-10,12-14H2,1-2H3,(H,28,33). The Bertz CT molecular complexity index is 1320. The SMILES string of the molecule is Cc1cc(C)n(-c2ncccc2NC(=O)c2csc(C3CCN(CC=Cc4ccco4)CC3)n2)n1. The molecule has 4 aromatic heterocycles. The van der Waals surface area contributed by atoms with Gasteiger partial charge in [-0.2, -0.15) is 5.10 Å². The van der Waals surface area contributed by atoms with Gasteiger partial charge in [0.15, 0.2) is 5.82 Å². The molecule has 180 valence electrons. The maximum atomic E-state index is 13.0. The van der Waals surface area contributed by atoms with Gasteiger partial charge < -0.3 is 9.73 Å². The molecular weight excluding hydrogens is 460 g/mol. The van der Waals surface area contributed by atoms with Crippen LogP contribution in [0.2, 0.25) is 0 Å². The molecule has 1 aliphatic heterocycles. The molecule has 9 heteroatoms. The molecule has 1 saturated heterocycles. The number of carbonyl (C=O) groups is 1. The van der Waals surface area contributed by atoms with Crippen molar-refractivity contribution in [2.24, 2.45) is 0 Å². The summed E-state index contributed by atoms with van der Waals surface area (Å²) in [4.78, 5) is 24.6. The molecule has 0 saturated carbocycles. The van der Waals surface area contributed by atoms with Gasteiger partial charge in [0, 0.05) is 29.7 Å². The number of piperidine rings is 1. The van der Waals surface area contributed by atoms with E-state index in [1.165, 1.54) is 0 Å². The predicted molar refractivity (Wildman–Crippen MR) is 137 cm³/mol. The van der Waals surface area contributed by atoms with Crippen molar-refractivity contribution in [2.75, 3.05) is 25.0 Å². The van der Waals surface area contributed by atoms with Crippen molar-refractivity contribution in [3.05, 3.63) is 82.1 Å². The molecule has 1 aliphatic rings. The Hall–Kier alpha value is -3.56. The fourth-order valence-corrected chi connectivity index (χ4v) is 5.31. The zero-order chi connectivity index (χ0) is 24.2. The van der Waals surface area contributed by atoms with Crippen molar-refractivity contribution in [3.63, 3.8) is 0 Å². The van der Waals surface area contributed by atoms with Gasteiger partial charge >= 0.3 is 0 Å². The summed E-state index contributed by atoms with van der Waals surface area (Å²) in [6, 6.07) is 9.46. The lowest BCUT2D eigenvalue weighted by atomic mass is 9.97. The number of hydrogen-bond acceptors (Lipinski definition) is 7. The maximum absolute atomic E-state index is 13.0. The Morgan fingerprint density at radius 3 is 2.86 bits per heavy atom. The van der Waals surface area contributed by atoms with Crippen LogP contribution in [0.1, 0.15) is 51.4 Å². The number of furan rings is 1. The van der Waals surface area contributed by atoms with Gasteiger partial charge in [0.1, 0.15) is 11.5 Å². The number of rotatable bonds is 7. The van der Waals surface area contributed by atoms with Gasteiger partial charge in [-0.1, -0.05) is 6.08 Å². The number of aromatic nitrogens is 4. The summed E-state index contributed by atoms with van der Waals surface area (Å²) in [5.74, 6) is 1.62. The van der Waals surface area contributed by atoms with Crippen LogP contribution in [0.4, 0.5) is 5.69 Å². The van der Waals surface area contributed by atoms with E-state index in [-0.39, 0.29) is 5.91 Å². The summed E-state index contributed by atoms with van der Waals surface area (Å²) >= 11 is 1.57. The Balaban J connectivity index is 1.19. The van der Waals surface area contributed by atoms with Crippen LogP contribution in [-0.4, -0.2) is 50.2 Å². The highest BCUT2D eigenvalue weighted by Crippen LogP contribution is 2.30. The molecule has 1 fully saturated rings. The van der Waals surface area contributed by atoms with E-state index in [1.54, 1.807) is 34.5 Å². The number of amides is 1. The van der Waals surface area contributed by atoms with Gasteiger partial charge in [-0.15, -0.1) is 11.3 Å².